The molecule has 9 nitrogen and oxygen atoms in total. The fraction of sp³-hybridized carbons (Fsp3) is 0.143. The van der Waals surface area contributed by atoms with E-state index < -0.39 is 29.1 Å². The number of alkyl halides is 2. The van der Waals surface area contributed by atoms with Crippen molar-refractivity contribution in [3.63, 3.8) is 0 Å². The van der Waals surface area contributed by atoms with Gasteiger partial charge in [-0.25, -0.2) is 18.6 Å². The van der Waals surface area contributed by atoms with Crippen LogP contribution in [-0.2, 0) is 6.54 Å². The third-order valence-corrected chi connectivity index (χ3v) is 7.65. The highest BCUT2D eigenvalue weighted by Gasteiger charge is 2.24. The first-order valence-electron chi connectivity index (χ1n) is 11.8. The number of fused-ring (bicyclic) bond motifs is 2. The van der Waals surface area contributed by atoms with Gasteiger partial charge >= 0.3 is 5.97 Å². The number of aryl methyl sites for hydroxylation is 1. The van der Waals surface area contributed by atoms with Crippen LogP contribution in [0.1, 0.15) is 39.3 Å². The van der Waals surface area contributed by atoms with E-state index in [1.165, 1.54) is 34.4 Å². The van der Waals surface area contributed by atoms with Crippen LogP contribution in [-0.4, -0.2) is 32.2 Å². The predicted molar refractivity (Wildman–Crippen MR) is 148 cm³/mol. The number of hydrogen-bond acceptors (Lipinski definition) is 8. The van der Waals surface area contributed by atoms with Crippen LogP contribution in [0.3, 0.4) is 0 Å². The van der Waals surface area contributed by atoms with Crippen molar-refractivity contribution in [2.24, 2.45) is 0 Å². The van der Waals surface area contributed by atoms with Crippen molar-refractivity contribution in [2.45, 2.75) is 19.9 Å². The number of ether oxygens (including phenoxy) is 1. The zero-order valence-electron chi connectivity index (χ0n) is 21.0. The second kappa shape index (κ2) is 10.9. The number of aromatic carboxylic acids is 1. The highest BCUT2D eigenvalue weighted by Crippen LogP contribution is 2.39. The Morgan fingerprint density at radius 2 is 1.98 bits per heavy atom. The molecule has 5 rings (SSSR count). The van der Waals surface area contributed by atoms with Crippen molar-refractivity contribution in [3.8, 4) is 29.0 Å². The Morgan fingerprint density at radius 3 is 2.66 bits per heavy atom. The Labute approximate surface area is 239 Å². The maximum Gasteiger partial charge on any atom is 0.338 e. The summed E-state index contributed by atoms with van der Waals surface area (Å²) in [5.74, 6) is -0.519. The topological polar surface area (TPSA) is 142 Å². The van der Waals surface area contributed by atoms with Gasteiger partial charge in [-0.3, -0.25) is 14.3 Å². The van der Waals surface area contributed by atoms with Gasteiger partial charge in [0.15, 0.2) is 0 Å². The van der Waals surface area contributed by atoms with Gasteiger partial charge in [-0.15, -0.1) is 11.3 Å². The number of rotatable bonds is 7. The third-order valence-electron chi connectivity index (χ3n) is 6.41. The minimum atomic E-state index is -3.07. The zero-order chi connectivity index (χ0) is 29.4. The lowest BCUT2D eigenvalue weighted by atomic mass is 9.99. The molecule has 1 N–H and O–H groups in total. The summed E-state index contributed by atoms with van der Waals surface area (Å²) in [5.41, 5.74) is -0.734. The molecule has 204 valence electrons. The smallest absolute Gasteiger partial charge is 0.338 e. The van der Waals surface area contributed by atoms with E-state index in [9.17, 15) is 34.0 Å². The Kier molecular flexibility index (Phi) is 7.37. The summed E-state index contributed by atoms with van der Waals surface area (Å²) in [6.07, 6.45) is -1.59. The first kappa shape index (κ1) is 27.6. The van der Waals surface area contributed by atoms with E-state index in [1.54, 1.807) is 36.4 Å². The predicted octanol–water partition coefficient (Wildman–Crippen LogP) is 6.09. The molecule has 3 aromatic heterocycles. The summed E-state index contributed by atoms with van der Waals surface area (Å²) in [6, 6.07) is 10.9. The number of carboxylic acid groups (broad SMARTS) is 1. The van der Waals surface area contributed by atoms with E-state index in [0.717, 1.165) is 6.07 Å². The standard InChI is InChI=1S/C28H16ClF2N5O4S/c1-13-35-23-14(10-32)8-18(26(30)31)19(11-33)22(23)27(37)36(13)6-7-40-21-3-2-15(29)9-17(21)16-4-5-34-24-20(28(38)39)12-41-25(16)24/h2-5,8-9,12,26H,6-7H2,1H3,(H,38,39). The quantitative estimate of drug-likeness (QED) is 0.239. The summed E-state index contributed by atoms with van der Waals surface area (Å²) < 4.78 is 35.1. The fourth-order valence-corrected chi connectivity index (χ4v) is 5.74. The Balaban J connectivity index is 1.53. The van der Waals surface area contributed by atoms with Gasteiger partial charge in [0.05, 0.1) is 44.4 Å². The van der Waals surface area contributed by atoms with Crippen molar-refractivity contribution in [1.29, 1.82) is 10.5 Å². The molecular formula is C28H16ClF2N5O4S. The number of benzene rings is 2. The van der Waals surface area contributed by atoms with Crippen LogP contribution >= 0.6 is 22.9 Å². The van der Waals surface area contributed by atoms with E-state index in [2.05, 4.69) is 9.97 Å². The molecule has 0 aliphatic carbocycles. The molecule has 0 saturated heterocycles. The number of carboxylic acids is 1. The molecule has 41 heavy (non-hydrogen) atoms. The molecule has 3 heterocycles. The molecule has 2 aromatic carbocycles. The lowest BCUT2D eigenvalue weighted by molar-refractivity contribution is 0.0699. The summed E-state index contributed by atoms with van der Waals surface area (Å²) in [5, 5.41) is 30.1. The van der Waals surface area contributed by atoms with Gasteiger partial charge in [0.2, 0.25) is 0 Å². The van der Waals surface area contributed by atoms with E-state index in [-0.39, 0.29) is 41.0 Å². The molecule has 0 spiro atoms. The van der Waals surface area contributed by atoms with Crippen LogP contribution in [0.25, 0.3) is 32.2 Å². The summed E-state index contributed by atoms with van der Waals surface area (Å²) >= 11 is 7.49. The molecule has 0 fully saturated rings. The number of nitrogens with zero attached hydrogens (tertiary/aromatic N) is 5. The van der Waals surface area contributed by atoms with Crippen molar-refractivity contribution in [2.75, 3.05) is 6.61 Å². The number of nitriles is 2. The highest BCUT2D eigenvalue weighted by atomic mass is 35.5. The number of hydrogen-bond donors (Lipinski definition) is 1. The normalized spacial score (nSPS) is 11.1. The molecule has 13 heteroatoms. The summed E-state index contributed by atoms with van der Waals surface area (Å²) in [6.45, 7) is 1.39. The molecule has 0 aliphatic heterocycles. The van der Waals surface area contributed by atoms with E-state index in [0.29, 0.717) is 32.1 Å². The average Bonchev–Trinajstić information content (AvgIpc) is 3.39. The minimum absolute atomic E-state index is 0.0603. The number of aromatic nitrogens is 3. The molecule has 0 saturated carbocycles. The van der Waals surface area contributed by atoms with Gasteiger partial charge in [0.25, 0.3) is 12.0 Å². The lowest BCUT2D eigenvalue weighted by Crippen LogP contribution is -2.27. The fourth-order valence-electron chi connectivity index (χ4n) is 4.55. The maximum atomic E-state index is 13.7. The number of thiophene rings is 1. The molecule has 0 bridgehead atoms. The minimum Gasteiger partial charge on any atom is -0.491 e. The molecular weight excluding hydrogens is 576 g/mol. The number of carbonyl (C=O) groups is 1. The maximum absolute atomic E-state index is 13.7. The zero-order valence-corrected chi connectivity index (χ0v) is 22.6. The van der Waals surface area contributed by atoms with Gasteiger partial charge in [0.1, 0.15) is 30.3 Å². The molecule has 5 aromatic rings. The first-order chi connectivity index (χ1) is 19.7. The van der Waals surface area contributed by atoms with E-state index in [4.69, 9.17) is 16.3 Å². The molecule has 0 aliphatic rings. The van der Waals surface area contributed by atoms with Crippen LogP contribution in [0.2, 0.25) is 5.02 Å². The SMILES string of the molecule is Cc1nc2c(C#N)cc(C(F)F)c(C#N)c2c(=O)n1CCOc1ccc(Cl)cc1-c1ccnc2c(C(=O)O)csc12. The Bertz CT molecular complexity index is 2030. The van der Waals surface area contributed by atoms with Crippen molar-refractivity contribution >= 4 is 50.0 Å². The van der Waals surface area contributed by atoms with Crippen LogP contribution in [0, 0.1) is 29.6 Å². The van der Waals surface area contributed by atoms with Crippen LogP contribution in [0.4, 0.5) is 8.78 Å². The Hall–Kier alpha value is -4.91. The first-order valence-corrected chi connectivity index (χ1v) is 13.1. The second-order valence-corrected chi connectivity index (χ2v) is 10.0. The van der Waals surface area contributed by atoms with Crippen molar-refractivity contribution in [3.05, 3.63) is 85.4 Å². The van der Waals surface area contributed by atoms with Gasteiger partial charge in [-0.2, -0.15) is 10.5 Å². The highest BCUT2D eigenvalue weighted by molar-refractivity contribution is 7.18. The van der Waals surface area contributed by atoms with Crippen molar-refractivity contribution < 1.29 is 23.4 Å². The average molecular weight is 592 g/mol. The van der Waals surface area contributed by atoms with E-state index >= 15 is 0 Å². The van der Waals surface area contributed by atoms with Gasteiger partial charge in [0, 0.05) is 33.3 Å². The summed E-state index contributed by atoms with van der Waals surface area (Å²) in [4.78, 5) is 33.5. The van der Waals surface area contributed by atoms with Crippen molar-refractivity contribution in [1.82, 2.24) is 14.5 Å². The molecule has 0 atom stereocenters. The number of halogens is 3. The molecule has 0 unspecified atom stereocenters. The number of pyridine rings is 1. The summed E-state index contributed by atoms with van der Waals surface area (Å²) in [7, 11) is 0. The molecule has 0 radical (unpaired) electrons. The lowest BCUT2D eigenvalue weighted by Gasteiger charge is -2.16. The van der Waals surface area contributed by atoms with Crippen LogP contribution in [0.15, 0.2) is 46.7 Å². The van der Waals surface area contributed by atoms with Gasteiger partial charge < -0.3 is 9.84 Å². The van der Waals surface area contributed by atoms with Gasteiger partial charge in [-0.1, -0.05) is 11.6 Å². The monoisotopic (exact) mass is 591 g/mol. The van der Waals surface area contributed by atoms with Gasteiger partial charge in [-0.05, 0) is 37.3 Å². The van der Waals surface area contributed by atoms with E-state index in [1.807, 2.05) is 0 Å². The molecule has 0 amide bonds. The third kappa shape index (κ3) is 4.84. The van der Waals surface area contributed by atoms with Crippen LogP contribution < -0.4 is 10.3 Å². The Morgan fingerprint density at radius 1 is 1.20 bits per heavy atom. The second-order valence-electron chi connectivity index (χ2n) is 8.73. The largest absolute Gasteiger partial charge is 0.491 e. The van der Waals surface area contributed by atoms with Crippen LogP contribution in [0.5, 0.6) is 5.75 Å².